The van der Waals surface area contributed by atoms with E-state index in [9.17, 15) is 0 Å². The van der Waals surface area contributed by atoms with Crippen LogP contribution in [0.5, 0.6) is 0 Å². The van der Waals surface area contributed by atoms with Gasteiger partial charge < -0.3 is 5.32 Å². The Morgan fingerprint density at radius 1 is 0.957 bits per heavy atom. The summed E-state index contributed by atoms with van der Waals surface area (Å²) in [4.78, 5) is 0. The van der Waals surface area contributed by atoms with Gasteiger partial charge in [-0.15, -0.1) is 0 Å². The Kier molecular flexibility index (Phi) is 4.89. The molecule has 0 fully saturated rings. The molecule has 0 aliphatic heterocycles. The van der Waals surface area contributed by atoms with Gasteiger partial charge in [-0.2, -0.15) is 5.10 Å². The lowest BCUT2D eigenvalue weighted by atomic mass is 9.90. The van der Waals surface area contributed by atoms with Crippen LogP contribution in [0.3, 0.4) is 0 Å². The van der Waals surface area contributed by atoms with Crippen molar-refractivity contribution in [1.29, 1.82) is 0 Å². The van der Waals surface area contributed by atoms with E-state index < -0.39 is 0 Å². The molecule has 1 heterocycles. The van der Waals surface area contributed by atoms with Gasteiger partial charge in [-0.1, -0.05) is 61.0 Å². The summed E-state index contributed by atoms with van der Waals surface area (Å²) in [6, 6.07) is 17.7. The minimum Gasteiger partial charge on any atom is -0.316 e. The van der Waals surface area contributed by atoms with Crippen LogP contribution in [-0.4, -0.2) is 23.3 Å². The molecule has 0 saturated heterocycles. The summed E-state index contributed by atoms with van der Waals surface area (Å²) in [6.45, 7) is 6.21. The molecule has 0 aliphatic rings. The molecule has 23 heavy (non-hydrogen) atoms. The van der Waals surface area contributed by atoms with Crippen LogP contribution in [0.25, 0.3) is 11.1 Å². The molecule has 3 rings (SSSR count). The molecule has 0 spiro atoms. The molecule has 0 bridgehead atoms. The summed E-state index contributed by atoms with van der Waals surface area (Å²) >= 11 is 0. The van der Waals surface area contributed by atoms with Crippen molar-refractivity contribution in [2.24, 2.45) is 0 Å². The third-order valence-corrected chi connectivity index (χ3v) is 4.22. The highest BCUT2D eigenvalue weighted by atomic mass is 15.1. The van der Waals surface area contributed by atoms with Gasteiger partial charge in [0, 0.05) is 24.2 Å². The molecule has 1 atom stereocenters. The quantitative estimate of drug-likeness (QED) is 0.719. The van der Waals surface area contributed by atoms with Crippen molar-refractivity contribution in [2.75, 3.05) is 13.1 Å². The number of aromatic amines is 1. The molecule has 3 heteroatoms. The van der Waals surface area contributed by atoms with Crippen molar-refractivity contribution in [2.45, 2.75) is 19.8 Å². The van der Waals surface area contributed by atoms with Gasteiger partial charge in [0.05, 0.1) is 6.20 Å². The minimum atomic E-state index is 0.369. The van der Waals surface area contributed by atoms with Crippen molar-refractivity contribution in [3.8, 4) is 11.1 Å². The molecular formula is C20H23N3. The highest BCUT2D eigenvalue weighted by molar-refractivity contribution is 5.62. The lowest BCUT2D eigenvalue weighted by Crippen LogP contribution is -2.22. The molecule has 2 N–H and O–H groups in total. The fraction of sp³-hybridized carbons (Fsp3) is 0.250. The van der Waals surface area contributed by atoms with Crippen molar-refractivity contribution < 1.29 is 0 Å². The third-order valence-electron chi connectivity index (χ3n) is 4.22. The Labute approximate surface area is 137 Å². The van der Waals surface area contributed by atoms with Gasteiger partial charge in [0.1, 0.15) is 0 Å². The lowest BCUT2D eigenvalue weighted by molar-refractivity contribution is 0.658. The number of benzene rings is 2. The molecule has 1 aromatic heterocycles. The number of hydrogen-bond acceptors (Lipinski definition) is 2. The number of H-pyrrole nitrogens is 1. The first-order valence-electron chi connectivity index (χ1n) is 8.14. The molecule has 0 saturated carbocycles. The minimum absolute atomic E-state index is 0.369. The van der Waals surface area contributed by atoms with E-state index in [1.807, 2.05) is 12.4 Å². The normalized spacial score (nSPS) is 12.3. The van der Waals surface area contributed by atoms with Crippen LogP contribution < -0.4 is 5.32 Å². The van der Waals surface area contributed by atoms with Crippen LogP contribution in [0.4, 0.5) is 0 Å². The third kappa shape index (κ3) is 3.69. The number of aromatic nitrogens is 2. The zero-order chi connectivity index (χ0) is 16.1. The first-order valence-corrected chi connectivity index (χ1v) is 8.14. The van der Waals surface area contributed by atoms with E-state index in [1.54, 1.807) is 0 Å². The van der Waals surface area contributed by atoms with E-state index in [1.165, 1.54) is 22.3 Å². The standard InChI is InChI=1S/C20H23N3/c1-3-21-14-20(17-6-4-15(2)5-7-17)18-10-8-16(9-11-18)19-12-22-23-13-19/h4-13,20-21H,3,14H2,1-2H3,(H,22,23). The molecule has 0 radical (unpaired) electrons. The zero-order valence-electron chi connectivity index (χ0n) is 13.7. The summed E-state index contributed by atoms with van der Waals surface area (Å²) in [5.74, 6) is 0.369. The molecule has 2 aromatic carbocycles. The van der Waals surface area contributed by atoms with E-state index >= 15 is 0 Å². The van der Waals surface area contributed by atoms with Gasteiger partial charge in [-0.25, -0.2) is 0 Å². The number of hydrogen-bond donors (Lipinski definition) is 2. The van der Waals surface area contributed by atoms with Crippen LogP contribution >= 0.6 is 0 Å². The molecule has 1 unspecified atom stereocenters. The highest BCUT2D eigenvalue weighted by Crippen LogP contribution is 2.27. The fourth-order valence-corrected chi connectivity index (χ4v) is 2.83. The van der Waals surface area contributed by atoms with Gasteiger partial charge in [0.2, 0.25) is 0 Å². The Morgan fingerprint density at radius 3 is 2.17 bits per heavy atom. The van der Waals surface area contributed by atoms with Crippen LogP contribution in [0.15, 0.2) is 60.9 Å². The van der Waals surface area contributed by atoms with Gasteiger partial charge >= 0.3 is 0 Å². The van der Waals surface area contributed by atoms with Crippen LogP contribution in [0, 0.1) is 6.92 Å². The van der Waals surface area contributed by atoms with Crippen molar-refractivity contribution in [3.63, 3.8) is 0 Å². The topological polar surface area (TPSA) is 40.7 Å². The molecule has 0 amide bonds. The smallest absolute Gasteiger partial charge is 0.0565 e. The van der Waals surface area contributed by atoms with Gasteiger partial charge in [-0.05, 0) is 30.2 Å². The van der Waals surface area contributed by atoms with Crippen molar-refractivity contribution in [1.82, 2.24) is 15.5 Å². The van der Waals surface area contributed by atoms with E-state index in [2.05, 4.69) is 77.9 Å². The average molecular weight is 305 g/mol. The number of likely N-dealkylation sites (N-methyl/N-ethyl adjacent to an activating group) is 1. The molecule has 0 aliphatic carbocycles. The second-order valence-electron chi connectivity index (χ2n) is 5.88. The molecule has 118 valence electrons. The Hall–Kier alpha value is -2.39. The largest absolute Gasteiger partial charge is 0.316 e. The predicted octanol–water partition coefficient (Wildman–Crippen LogP) is 4.13. The molecule has 3 nitrogen and oxygen atoms in total. The monoisotopic (exact) mass is 305 g/mol. The van der Waals surface area contributed by atoms with Crippen LogP contribution in [-0.2, 0) is 0 Å². The first-order chi connectivity index (χ1) is 11.3. The van der Waals surface area contributed by atoms with E-state index in [-0.39, 0.29) is 0 Å². The Morgan fingerprint density at radius 2 is 1.61 bits per heavy atom. The maximum absolute atomic E-state index is 4.02. The SMILES string of the molecule is CCNCC(c1ccc(C)cc1)c1ccc(-c2cn[nH]c2)cc1. The highest BCUT2D eigenvalue weighted by Gasteiger charge is 2.14. The average Bonchev–Trinajstić information content (AvgIpc) is 3.12. The maximum Gasteiger partial charge on any atom is 0.0565 e. The van der Waals surface area contributed by atoms with Crippen LogP contribution in [0.2, 0.25) is 0 Å². The summed E-state index contributed by atoms with van der Waals surface area (Å²) in [5.41, 5.74) is 6.30. The number of rotatable bonds is 6. The lowest BCUT2D eigenvalue weighted by Gasteiger charge is -2.19. The van der Waals surface area contributed by atoms with Gasteiger partial charge in [0.15, 0.2) is 0 Å². The summed E-state index contributed by atoms with van der Waals surface area (Å²) in [5, 5.41) is 10.4. The molecule has 3 aromatic rings. The van der Waals surface area contributed by atoms with Gasteiger partial charge in [-0.3, -0.25) is 5.10 Å². The van der Waals surface area contributed by atoms with Crippen molar-refractivity contribution in [3.05, 3.63) is 77.6 Å². The van der Waals surface area contributed by atoms with Crippen molar-refractivity contribution >= 4 is 0 Å². The maximum atomic E-state index is 4.02. The van der Waals surface area contributed by atoms with E-state index in [4.69, 9.17) is 0 Å². The second kappa shape index (κ2) is 7.25. The number of aryl methyl sites for hydroxylation is 1. The second-order valence-corrected chi connectivity index (χ2v) is 5.88. The predicted molar refractivity (Wildman–Crippen MR) is 95.6 cm³/mol. The first kappa shape index (κ1) is 15.5. The Balaban J connectivity index is 1.88. The van der Waals surface area contributed by atoms with E-state index in [0.29, 0.717) is 5.92 Å². The Bertz CT molecular complexity index is 713. The summed E-state index contributed by atoms with van der Waals surface area (Å²) in [7, 11) is 0. The summed E-state index contributed by atoms with van der Waals surface area (Å²) < 4.78 is 0. The van der Waals surface area contributed by atoms with Gasteiger partial charge in [0.25, 0.3) is 0 Å². The number of nitrogens with one attached hydrogen (secondary N) is 2. The molecular weight excluding hydrogens is 282 g/mol. The zero-order valence-corrected chi connectivity index (χ0v) is 13.7. The number of nitrogens with zero attached hydrogens (tertiary/aromatic N) is 1. The van der Waals surface area contributed by atoms with Crippen LogP contribution in [0.1, 0.15) is 29.5 Å². The summed E-state index contributed by atoms with van der Waals surface area (Å²) in [6.07, 6.45) is 3.77. The van der Waals surface area contributed by atoms with E-state index in [0.717, 1.165) is 18.7 Å². The fourth-order valence-electron chi connectivity index (χ4n) is 2.83.